The molecule has 4 heteroatoms. The second-order valence-electron chi connectivity index (χ2n) is 3.28. The van der Waals surface area contributed by atoms with E-state index < -0.39 is 5.82 Å². The minimum atomic E-state index is -0.649. The van der Waals surface area contributed by atoms with E-state index in [1.165, 1.54) is 6.07 Å². The van der Waals surface area contributed by atoms with Gasteiger partial charge in [-0.25, -0.2) is 4.39 Å². The molecule has 0 saturated carbocycles. The highest BCUT2D eigenvalue weighted by Gasteiger charge is 2.14. The Kier molecular flexibility index (Phi) is 4.55. The minimum absolute atomic E-state index is 0.138. The van der Waals surface area contributed by atoms with Crippen molar-refractivity contribution in [2.45, 2.75) is 26.2 Å². The molecular weight excluding hydrogens is 238 g/mol. The Labute approximate surface area is 98.2 Å². The van der Waals surface area contributed by atoms with E-state index in [1.54, 1.807) is 0 Å². The first kappa shape index (κ1) is 12.5. The molecule has 0 fully saturated rings. The van der Waals surface area contributed by atoms with Crippen LogP contribution in [0.1, 0.15) is 36.5 Å². The summed E-state index contributed by atoms with van der Waals surface area (Å²) in [5.74, 6) is -0.813. The molecule has 0 saturated heterocycles. The fraction of sp³-hybridized carbons (Fsp3) is 0.364. The summed E-state index contributed by atoms with van der Waals surface area (Å²) in [5, 5.41) is 0.0530. The molecule has 0 bridgehead atoms. The van der Waals surface area contributed by atoms with Crippen LogP contribution in [0, 0.1) is 5.82 Å². The van der Waals surface area contributed by atoms with Gasteiger partial charge in [0.1, 0.15) is 5.82 Å². The third-order valence-corrected chi connectivity index (χ3v) is 2.65. The predicted molar refractivity (Wildman–Crippen MR) is 60.3 cm³/mol. The first-order valence-electron chi connectivity index (χ1n) is 4.74. The molecule has 0 aliphatic carbocycles. The average Bonchev–Trinajstić information content (AvgIpc) is 2.19. The Balaban J connectivity index is 2.98. The predicted octanol–water partition coefficient (Wildman–Crippen LogP) is 4.51. The van der Waals surface area contributed by atoms with Crippen molar-refractivity contribution < 1.29 is 9.18 Å². The molecule has 1 rings (SSSR count). The first-order valence-corrected chi connectivity index (χ1v) is 5.49. The zero-order valence-corrected chi connectivity index (χ0v) is 9.83. The lowest BCUT2D eigenvalue weighted by molar-refractivity contribution is 0.0979. The van der Waals surface area contributed by atoms with E-state index in [2.05, 4.69) is 0 Å². The number of carbonyl (C=O) groups excluding carboxylic acids is 1. The normalized spacial score (nSPS) is 10.4. The van der Waals surface area contributed by atoms with Crippen molar-refractivity contribution in [3.05, 3.63) is 33.6 Å². The fourth-order valence-corrected chi connectivity index (χ4v) is 1.65. The molecule has 1 aromatic carbocycles. The highest BCUT2D eigenvalue weighted by Crippen LogP contribution is 2.26. The summed E-state index contributed by atoms with van der Waals surface area (Å²) >= 11 is 11.3. The van der Waals surface area contributed by atoms with E-state index in [9.17, 15) is 9.18 Å². The molecule has 82 valence electrons. The van der Waals surface area contributed by atoms with E-state index in [-0.39, 0.29) is 21.4 Å². The van der Waals surface area contributed by atoms with Crippen LogP contribution in [-0.2, 0) is 0 Å². The van der Waals surface area contributed by atoms with Crippen molar-refractivity contribution in [3.63, 3.8) is 0 Å². The number of Topliss-reactive ketones (excluding diaryl/α,β-unsaturated/α-hetero) is 1. The highest BCUT2D eigenvalue weighted by molar-refractivity contribution is 6.36. The minimum Gasteiger partial charge on any atom is -0.294 e. The lowest BCUT2D eigenvalue weighted by Crippen LogP contribution is -2.01. The summed E-state index contributed by atoms with van der Waals surface area (Å²) in [7, 11) is 0. The van der Waals surface area contributed by atoms with Gasteiger partial charge in [-0.1, -0.05) is 36.5 Å². The maximum atomic E-state index is 13.2. The van der Waals surface area contributed by atoms with Crippen molar-refractivity contribution in [2.75, 3.05) is 0 Å². The highest BCUT2D eigenvalue weighted by atomic mass is 35.5. The van der Waals surface area contributed by atoms with Crippen LogP contribution < -0.4 is 0 Å². The SMILES string of the molecule is CCCCC(=O)c1cc(Cl)cc(F)c1Cl. The molecule has 0 atom stereocenters. The van der Waals surface area contributed by atoms with Gasteiger partial charge in [0.25, 0.3) is 0 Å². The number of halogens is 3. The number of benzene rings is 1. The Morgan fingerprint density at radius 1 is 1.40 bits per heavy atom. The third-order valence-electron chi connectivity index (χ3n) is 2.05. The molecule has 15 heavy (non-hydrogen) atoms. The number of rotatable bonds is 4. The van der Waals surface area contributed by atoms with Crippen molar-refractivity contribution in [1.29, 1.82) is 0 Å². The van der Waals surface area contributed by atoms with E-state index in [1.807, 2.05) is 6.92 Å². The second-order valence-corrected chi connectivity index (χ2v) is 4.09. The van der Waals surface area contributed by atoms with Gasteiger partial charge in [0, 0.05) is 17.0 Å². The smallest absolute Gasteiger partial charge is 0.164 e. The summed E-state index contributed by atoms with van der Waals surface area (Å²) < 4.78 is 13.2. The number of ketones is 1. The van der Waals surface area contributed by atoms with Gasteiger partial charge >= 0.3 is 0 Å². The van der Waals surface area contributed by atoms with Crippen LogP contribution in [0.2, 0.25) is 10.0 Å². The Hall–Kier alpha value is -0.600. The summed E-state index contributed by atoms with van der Waals surface area (Å²) in [5.41, 5.74) is 0.176. The molecular formula is C11H11Cl2FO. The largest absolute Gasteiger partial charge is 0.294 e. The van der Waals surface area contributed by atoms with Gasteiger partial charge in [-0.15, -0.1) is 0 Å². The fourth-order valence-electron chi connectivity index (χ4n) is 1.23. The number of hydrogen-bond acceptors (Lipinski definition) is 1. The van der Waals surface area contributed by atoms with Gasteiger partial charge in [0.2, 0.25) is 0 Å². The van der Waals surface area contributed by atoms with Crippen LogP contribution in [0.15, 0.2) is 12.1 Å². The van der Waals surface area contributed by atoms with E-state index in [0.717, 1.165) is 18.9 Å². The molecule has 0 amide bonds. The molecule has 0 spiro atoms. The monoisotopic (exact) mass is 248 g/mol. The van der Waals surface area contributed by atoms with Gasteiger partial charge in [0.05, 0.1) is 5.02 Å². The number of carbonyl (C=O) groups is 1. The summed E-state index contributed by atoms with van der Waals surface area (Å²) in [4.78, 5) is 11.6. The van der Waals surface area contributed by atoms with Crippen LogP contribution in [-0.4, -0.2) is 5.78 Å². The summed E-state index contributed by atoms with van der Waals surface area (Å²) in [6, 6.07) is 2.51. The van der Waals surface area contributed by atoms with Gasteiger partial charge in [-0.3, -0.25) is 4.79 Å². The Bertz CT molecular complexity index is 377. The van der Waals surface area contributed by atoms with Crippen molar-refractivity contribution in [1.82, 2.24) is 0 Å². The van der Waals surface area contributed by atoms with Gasteiger partial charge < -0.3 is 0 Å². The quantitative estimate of drug-likeness (QED) is 0.567. The second kappa shape index (κ2) is 5.47. The van der Waals surface area contributed by atoms with E-state index in [4.69, 9.17) is 23.2 Å². The zero-order valence-electron chi connectivity index (χ0n) is 8.32. The molecule has 0 aliphatic heterocycles. The molecule has 0 aliphatic rings. The Morgan fingerprint density at radius 3 is 2.67 bits per heavy atom. The van der Waals surface area contributed by atoms with E-state index >= 15 is 0 Å². The molecule has 0 N–H and O–H groups in total. The molecule has 1 nitrogen and oxygen atoms in total. The van der Waals surface area contributed by atoms with Crippen LogP contribution >= 0.6 is 23.2 Å². The average molecular weight is 249 g/mol. The molecule has 1 aromatic rings. The number of hydrogen-bond donors (Lipinski definition) is 0. The maximum Gasteiger partial charge on any atom is 0.164 e. The molecule has 0 aromatic heterocycles. The van der Waals surface area contributed by atoms with Crippen LogP contribution in [0.4, 0.5) is 4.39 Å². The Morgan fingerprint density at radius 2 is 2.07 bits per heavy atom. The van der Waals surface area contributed by atoms with Crippen LogP contribution in [0.25, 0.3) is 0 Å². The lowest BCUT2D eigenvalue weighted by atomic mass is 10.1. The van der Waals surface area contributed by atoms with E-state index in [0.29, 0.717) is 6.42 Å². The van der Waals surface area contributed by atoms with Crippen LogP contribution in [0.5, 0.6) is 0 Å². The zero-order chi connectivity index (χ0) is 11.4. The molecule has 0 heterocycles. The van der Waals surface area contributed by atoms with Gasteiger partial charge in [-0.2, -0.15) is 0 Å². The van der Waals surface area contributed by atoms with Crippen molar-refractivity contribution in [2.24, 2.45) is 0 Å². The van der Waals surface area contributed by atoms with Gasteiger partial charge in [0.15, 0.2) is 5.78 Å². The van der Waals surface area contributed by atoms with Crippen LogP contribution in [0.3, 0.4) is 0 Å². The summed E-state index contributed by atoms with van der Waals surface area (Å²) in [6.07, 6.45) is 2.05. The first-order chi connectivity index (χ1) is 7.06. The van der Waals surface area contributed by atoms with Crippen molar-refractivity contribution in [3.8, 4) is 0 Å². The van der Waals surface area contributed by atoms with Crippen molar-refractivity contribution >= 4 is 29.0 Å². The maximum absolute atomic E-state index is 13.2. The standard InChI is InChI=1S/C11H11Cl2FO/c1-2-3-4-10(15)8-5-7(12)6-9(14)11(8)13/h5-6H,2-4H2,1H3. The molecule has 0 radical (unpaired) electrons. The number of unbranched alkanes of at least 4 members (excludes halogenated alkanes) is 1. The molecule has 0 unspecified atom stereocenters. The lowest BCUT2D eigenvalue weighted by Gasteiger charge is -2.04. The van der Waals surface area contributed by atoms with Gasteiger partial charge in [-0.05, 0) is 18.6 Å². The third kappa shape index (κ3) is 3.18. The summed E-state index contributed by atoms with van der Waals surface area (Å²) in [6.45, 7) is 1.98. The topological polar surface area (TPSA) is 17.1 Å².